The molecule has 8 nitrogen and oxygen atoms in total. The first-order chi connectivity index (χ1) is 16.5. The summed E-state index contributed by atoms with van der Waals surface area (Å²) in [4.78, 5) is 12.9. The number of carbonyl (C=O) groups is 1. The Morgan fingerprint density at radius 1 is 1.09 bits per heavy atom. The number of hydrogen-bond donors (Lipinski definition) is 2. The third-order valence-corrected chi connectivity index (χ3v) is 6.00. The maximum Gasteiger partial charge on any atom is 0.337 e. The van der Waals surface area contributed by atoms with Gasteiger partial charge in [-0.2, -0.15) is 5.21 Å². The number of hydrazine groups is 1. The molecule has 1 aromatic heterocycles. The second-order valence-electron chi connectivity index (χ2n) is 8.74. The number of allylic oxidation sites excluding steroid dienone is 1. The minimum Gasteiger partial charge on any atom is -0.463 e. The zero-order chi connectivity index (χ0) is 24.1. The number of carbonyl (C=O) groups excluding carboxylic acids is 1. The van der Waals surface area contributed by atoms with Crippen LogP contribution in [-0.2, 0) is 16.0 Å². The number of aromatic nitrogens is 4. The Morgan fingerprint density at radius 3 is 2.44 bits per heavy atom. The number of nitrogens with zero attached hydrogens (tertiary/aromatic N) is 4. The van der Waals surface area contributed by atoms with Crippen molar-refractivity contribution in [2.75, 3.05) is 13.2 Å². The summed E-state index contributed by atoms with van der Waals surface area (Å²) in [5.74, 6) is 0.601. The Labute approximate surface area is 200 Å². The number of ether oxygens (including phenoxy) is 1. The third-order valence-electron chi connectivity index (χ3n) is 6.00. The molecule has 0 radical (unpaired) electrons. The summed E-state index contributed by atoms with van der Waals surface area (Å²) < 4.78 is 5.44. The number of esters is 1. The van der Waals surface area contributed by atoms with Gasteiger partial charge in [0.15, 0.2) is 0 Å². The van der Waals surface area contributed by atoms with E-state index in [1.807, 2.05) is 25.1 Å². The van der Waals surface area contributed by atoms with Crippen molar-refractivity contribution in [3.05, 3.63) is 65.4 Å². The van der Waals surface area contributed by atoms with Gasteiger partial charge in [-0.3, -0.25) is 0 Å². The highest BCUT2D eigenvalue weighted by Crippen LogP contribution is 2.32. The summed E-state index contributed by atoms with van der Waals surface area (Å²) in [6.07, 6.45) is 1.63. The average molecular weight is 461 g/mol. The first-order valence-corrected chi connectivity index (χ1v) is 11.9. The fourth-order valence-electron chi connectivity index (χ4n) is 4.39. The van der Waals surface area contributed by atoms with Gasteiger partial charge >= 0.3 is 5.97 Å². The number of hydrogen-bond acceptors (Lipinski definition) is 7. The predicted molar refractivity (Wildman–Crippen MR) is 131 cm³/mol. The van der Waals surface area contributed by atoms with E-state index in [4.69, 9.17) is 4.74 Å². The zero-order valence-corrected chi connectivity index (χ0v) is 20.2. The highest BCUT2D eigenvalue weighted by molar-refractivity contribution is 5.91. The van der Waals surface area contributed by atoms with Gasteiger partial charge in [0.05, 0.1) is 18.2 Å². The van der Waals surface area contributed by atoms with E-state index in [2.05, 4.69) is 82.2 Å². The second kappa shape index (κ2) is 10.6. The lowest BCUT2D eigenvalue weighted by Gasteiger charge is -2.24. The van der Waals surface area contributed by atoms with E-state index in [0.717, 1.165) is 46.5 Å². The molecule has 3 aromatic rings. The molecule has 0 amide bonds. The van der Waals surface area contributed by atoms with Gasteiger partial charge in [0.25, 0.3) is 0 Å². The Kier molecular flexibility index (Phi) is 7.37. The quantitative estimate of drug-likeness (QED) is 0.463. The van der Waals surface area contributed by atoms with E-state index in [9.17, 15) is 4.79 Å². The Bertz CT molecular complexity index is 1140. The van der Waals surface area contributed by atoms with E-state index in [1.165, 1.54) is 0 Å². The number of aromatic amines is 1. The van der Waals surface area contributed by atoms with E-state index >= 15 is 0 Å². The van der Waals surface area contributed by atoms with Crippen LogP contribution in [0.25, 0.3) is 22.5 Å². The molecule has 34 heavy (non-hydrogen) atoms. The molecule has 4 rings (SSSR count). The van der Waals surface area contributed by atoms with Crippen LogP contribution in [-0.4, -0.2) is 50.8 Å². The number of tetrazole rings is 1. The van der Waals surface area contributed by atoms with Crippen molar-refractivity contribution >= 4 is 5.97 Å². The minimum absolute atomic E-state index is 0.0540. The van der Waals surface area contributed by atoms with Gasteiger partial charge in [-0.05, 0) is 41.2 Å². The van der Waals surface area contributed by atoms with Gasteiger partial charge in [0.2, 0.25) is 5.82 Å². The molecule has 2 aromatic carbocycles. The summed E-state index contributed by atoms with van der Waals surface area (Å²) in [6.45, 7) is 9.43. The molecule has 0 saturated carbocycles. The Balaban J connectivity index is 1.66. The van der Waals surface area contributed by atoms with Gasteiger partial charge in [0, 0.05) is 24.2 Å². The molecule has 178 valence electrons. The van der Waals surface area contributed by atoms with Crippen LogP contribution >= 0.6 is 0 Å². The molecule has 1 aliphatic rings. The summed E-state index contributed by atoms with van der Waals surface area (Å²) in [7, 11) is 0. The number of benzene rings is 2. The molecule has 0 aliphatic carbocycles. The monoisotopic (exact) mass is 460 g/mol. The lowest BCUT2D eigenvalue weighted by atomic mass is 9.93. The molecule has 0 fully saturated rings. The van der Waals surface area contributed by atoms with Gasteiger partial charge < -0.3 is 9.75 Å². The zero-order valence-electron chi connectivity index (χ0n) is 20.2. The van der Waals surface area contributed by atoms with Crippen molar-refractivity contribution in [2.45, 2.75) is 46.6 Å². The lowest BCUT2D eigenvalue weighted by molar-refractivity contribution is -0.139. The molecule has 0 bridgehead atoms. The van der Waals surface area contributed by atoms with E-state index in [0.29, 0.717) is 18.9 Å². The van der Waals surface area contributed by atoms with Crippen LogP contribution in [0, 0.1) is 5.92 Å². The second-order valence-corrected chi connectivity index (χ2v) is 8.74. The van der Waals surface area contributed by atoms with Crippen LogP contribution < -0.4 is 5.43 Å². The van der Waals surface area contributed by atoms with Gasteiger partial charge in [-0.25, -0.2) is 10.2 Å². The molecule has 1 aliphatic heterocycles. The largest absolute Gasteiger partial charge is 0.463 e. The minimum atomic E-state index is -0.229. The summed E-state index contributed by atoms with van der Waals surface area (Å²) in [6, 6.07) is 16.4. The summed E-state index contributed by atoms with van der Waals surface area (Å²) in [5, 5.41) is 16.6. The molecule has 1 unspecified atom stereocenters. The molecule has 0 spiro atoms. The number of rotatable bonds is 9. The highest BCUT2D eigenvalue weighted by atomic mass is 16.5. The molecule has 2 heterocycles. The van der Waals surface area contributed by atoms with Gasteiger partial charge in [-0.15, -0.1) is 10.2 Å². The third kappa shape index (κ3) is 4.87. The topological polar surface area (TPSA) is 96.0 Å². The van der Waals surface area contributed by atoms with Crippen LogP contribution in [0.15, 0.2) is 59.8 Å². The van der Waals surface area contributed by atoms with E-state index in [1.54, 1.807) is 0 Å². The predicted octanol–water partition coefficient (Wildman–Crippen LogP) is 4.15. The van der Waals surface area contributed by atoms with Crippen LogP contribution in [0.3, 0.4) is 0 Å². The molecule has 2 N–H and O–H groups in total. The fraction of sp³-hybridized carbons (Fsp3) is 0.385. The SMILES string of the molecule is CCCN1NC(C(C)C)C(C(=O)OCC)=C1Cc1ccc(-c2ccccc2-c2nn[nH]n2)cc1. The van der Waals surface area contributed by atoms with Gasteiger partial charge in [-0.1, -0.05) is 69.3 Å². The molecule has 8 heteroatoms. The van der Waals surface area contributed by atoms with E-state index in [-0.39, 0.29) is 17.9 Å². The maximum absolute atomic E-state index is 12.9. The van der Waals surface area contributed by atoms with Crippen LogP contribution in [0.1, 0.15) is 39.7 Å². The summed E-state index contributed by atoms with van der Waals surface area (Å²) >= 11 is 0. The average Bonchev–Trinajstić information content (AvgIpc) is 3.49. The smallest absolute Gasteiger partial charge is 0.337 e. The maximum atomic E-state index is 12.9. The number of H-pyrrole nitrogens is 1. The lowest BCUT2D eigenvalue weighted by Crippen LogP contribution is -2.41. The Hall–Kier alpha value is -3.52. The van der Waals surface area contributed by atoms with Crippen LogP contribution in [0.4, 0.5) is 0 Å². The van der Waals surface area contributed by atoms with Crippen LogP contribution in [0.5, 0.6) is 0 Å². The molecule has 1 atom stereocenters. The van der Waals surface area contributed by atoms with Crippen molar-refractivity contribution in [2.24, 2.45) is 5.92 Å². The summed E-state index contributed by atoms with van der Waals surface area (Å²) in [5.41, 5.74) is 9.45. The Morgan fingerprint density at radius 2 is 1.82 bits per heavy atom. The van der Waals surface area contributed by atoms with Crippen molar-refractivity contribution in [1.82, 2.24) is 31.1 Å². The first kappa shape index (κ1) is 23.6. The van der Waals surface area contributed by atoms with Crippen LogP contribution in [0.2, 0.25) is 0 Å². The molecular formula is C26H32N6O2. The number of nitrogens with one attached hydrogen (secondary N) is 2. The highest BCUT2D eigenvalue weighted by Gasteiger charge is 2.37. The fourth-order valence-corrected chi connectivity index (χ4v) is 4.39. The normalized spacial score (nSPS) is 15.9. The van der Waals surface area contributed by atoms with Crippen molar-refractivity contribution < 1.29 is 9.53 Å². The van der Waals surface area contributed by atoms with Gasteiger partial charge in [0.1, 0.15) is 0 Å². The molecular weight excluding hydrogens is 428 g/mol. The standard InChI is InChI=1S/C26H32N6O2/c1-5-15-32-22(23(26(33)34-6-2)24(29-32)17(3)4)16-18-11-13-19(14-12-18)20-9-7-8-10-21(20)25-27-30-31-28-25/h7-14,17,24,29H,5-6,15-16H2,1-4H3,(H,27,28,30,31). The first-order valence-electron chi connectivity index (χ1n) is 11.9. The molecule has 0 saturated heterocycles. The van der Waals surface area contributed by atoms with E-state index < -0.39 is 0 Å². The van der Waals surface area contributed by atoms with Crippen molar-refractivity contribution in [3.63, 3.8) is 0 Å². The van der Waals surface area contributed by atoms with Crippen molar-refractivity contribution in [1.29, 1.82) is 0 Å². The van der Waals surface area contributed by atoms with Crippen molar-refractivity contribution in [3.8, 4) is 22.5 Å².